The van der Waals surface area contributed by atoms with Crippen molar-refractivity contribution in [2.24, 2.45) is 0 Å². The summed E-state index contributed by atoms with van der Waals surface area (Å²) in [7, 11) is 0. The topological polar surface area (TPSA) is 77.9 Å². The van der Waals surface area contributed by atoms with Crippen LogP contribution in [-0.2, 0) is 9.59 Å². The van der Waals surface area contributed by atoms with Gasteiger partial charge in [-0.05, 0) is 0 Å². The van der Waals surface area contributed by atoms with Gasteiger partial charge in [-0.2, -0.15) is 0 Å². The van der Waals surface area contributed by atoms with Gasteiger partial charge < -0.3 is 5.11 Å². The SMILES string of the molecule is O=C(O)N1CCC1N1C(=O)CCC1=O. The molecule has 2 aliphatic heterocycles. The Bertz CT molecular complexity index is 298. The van der Waals surface area contributed by atoms with Crippen LogP contribution < -0.4 is 0 Å². The molecular weight excluding hydrogens is 188 g/mol. The molecule has 2 aliphatic rings. The highest BCUT2D eigenvalue weighted by molar-refractivity contribution is 6.02. The molecule has 2 heterocycles. The highest BCUT2D eigenvalue weighted by Gasteiger charge is 2.44. The fraction of sp³-hybridized carbons (Fsp3) is 0.625. The molecule has 1 atom stereocenters. The molecule has 0 radical (unpaired) electrons. The van der Waals surface area contributed by atoms with E-state index < -0.39 is 12.3 Å². The summed E-state index contributed by atoms with van der Waals surface area (Å²) in [6, 6.07) is 0. The number of nitrogens with zero attached hydrogens (tertiary/aromatic N) is 2. The Kier molecular flexibility index (Phi) is 1.90. The van der Waals surface area contributed by atoms with E-state index in [0.29, 0.717) is 13.0 Å². The molecule has 0 aliphatic carbocycles. The molecule has 76 valence electrons. The Labute approximate surface area is 80.1 Å². The number of carboxylic acid groups (broad SMARTS) is 1. The van der Waals surface area contributed by atoms with Crippen molar-refractivity contribution in [2.45, 2.75) is 25.4 Å². The first kappa shape index (κ1) is 8.98. The Morgan fingerprint density at radius 1 is 1.29 bits per heavy atom. The molecule has 2 fully saturated rings. The number of carbonyl (C=O) groups is 3. The van der Waals surface area contributed by atoms with E-state index in [-0.39, 0.29) is 24.7 Å². The molecule has 0 spiro atoms. The second-order valence-electron chi connectivity index (χ2n) is 3.40. The van der Waals surface area contributed by atoms with E-state index >= 15 is 0 Å². The van der Waals surface area contributed by atoms with Gasteiger partial charge in [0.25, 0.3) is 0 Å². The van der Waals surface area contributed by atoms with Crippen LogP contribution >= 0.6 is 0 Å². The van der Waals surface area contributed by atoms with E-state index in [1.54, 1.807) is 0 Å². The van der Waals surface area contributed by atoms with E-state index in [1.165, 1.54) is 0 Å². The molecule has 1 unspecified atom stereocenters. The third-order valence-electron chi connectivity index (χ3n) is 2.62. The predicted octanol–water partition coefficient (Wildman–Crippen LogP) is -0.155. The van der Waals surface area contributed by atoms with E-state index in [0.717, 1.165) is 9.80 Å². The zero-order valence-corrected chi connectivity index (χ0v) is 7.47. The smallest absolute Gasteiger partial charge is 0.408 e. The average Bonchev–Trinajstić information content (AvgIpc) is 2.33. The van der Waals surface area contributed by atoms with Crippen LogP contribution in [0.1, 0.15) is 19.3 Å². The molecule has 14 heavy (non-hydrogen) atoms. The summed E-state index contributed by atoms with van der Waals surface area (Å²) in [4.78, 5) is 35.4. The van der Waals surface area contributed by atoms with Gasteiger partial charge in [-0.1, -0.05) is 0 Å². The lowest BCUT2D eigenvalue weighted by atomic mass is 10.1. The number of carbonyl (C=O) groups excluding carboxylic acids is 2. The zero-order valence-electron chi connectivity index (χ0n) is 7.47. The van der Waals surface area contributed by atoms with Crippen LogP contribution in [0, 0.1) is 0 Å². The van der Waals surface area contributed by atoms with Crippen molar-refractivity contribution >= 4 is 17.9 Å². The van der Waals surface area contributed by atoms with Gasteiger partial charge >= 0.3 is 6.09 Å². The monoisotopic (exact) mass is 198 g/mol. The minimum absolute atomic E-state index is 0.211. The summed E-state index contributed by atoms with van der Waals surface area (Å²) < 4.78 is 0. The molecular formula is C8H10N2O4. The van der Waals surface area contributed by atoms with Gasteiger partial charge in [0.2, 0.25) is 11.8 Å². The van der Waals surface area contributed by atoms with Gasteiger partial charge in [-0.3, -0.25) is 19.4 Å². The van der Waals surface area contributed by atoms with Gasteiger partial charge in [-0.25, -0.2) is 4.79 Å². The van der Waals surface area contributed by atoms with Crippen molar-refractivity contribution in [1.29, 1.82) is 0 Å². The summed E-state index contributed by atoms with van der Waals surface area (Å²) in [6.07, 6.45) is -0.640. The van der Waals surface area contributed by atoms with Crippen LogP contribution in [0.25, 0.3) is 0 Å². The van der Waals surface area contributed by atoms with Crippen LogP contribution in [0.15, 0.2) is 0 Å². The Morgan fingerprint density at radius 3 is 2.21 bits per heavy atom. The maximum atomic E-state index is 11.3. The molecule has 2 saturated heterocycles. The predicted molar refractivity (Wildman–Crippen MR) is 44.2 cm³/mol. The van der Waals surface area contributed by atoms with E-state index in [2.05, 4.69) is 0 Å². The molecule has 0 saturated carbocycles. The zero-order chi connectivity index (χ0) is 10.3. The van der Waals surface area contributed by atoms with Gasteiger partial charge in [0.1, 0.15) is 6.17 Å². The van der Waals surface area contributed by atoms with E-state index in [9.17, 15) is 14.4 Å². The maximum absolute atomic E-state index is 11.3. The number of hydrogen-bond donors (Lipinski definition) is 1. The summed E-state index contributed by atoms with van der Waals surface area (Å²) in [5.74, 6) is -0.517. The Hall–Kier alpha value is -1.59. The van der Waals surface area contributed by atoms with Crippen LogP contribution in [0.4, 0.5) is 4.79 Å². The number of imide groups is 1. The average molecular weight is 198 g/mol. The highest BCUT2D eigenvalue weighted by Crippen LogP contribution is 2.26. The Morgan fingerprint density at radius 2 is 1.86 bits per heavy atom. The fourth-order valence-electron chi connectivity index (χ4n) is 1.79. The largest absolute Gasteiger partial charge is 0.465 e. The first-order chi connectivity index (χ1) is 6.61. The van der Waals surface area contributed by atoms with E-state index in [4.69, 9.17) is 5.11 Å². The van der Waals surface area contributed by atoms with Gasteiger partial charge in [0.15, 0.2) is 0 Å². The molecule has 0 aromatic heterocycles. The van der Waals surface area contributed by atoms with Crippen molar-refractivity contribution < 1.29 is 19.5 Å². The lowest BCUT2D eigenvalue weighted by Gasteiger charge is -2.42. The van der Waals surface area contributed by atoms with Crippen molar-refractivity contribution in [2.75, 3.05) is 6.54 Å². The quantitative estimate of drug-likeness (QED) is 0.594. The lowest BCUT2D eigenvalue weighted by Crippen LogP contribution is -2.60. The van der Waals surface area contributed by atoms with Crippen molar-refractivity contribution in [3.05, 3.63) is 0 Å². The van der Waals surface area contributed by atoms with Crippen LogP contribution in [-0.4, -0.2) is 45.5 Å². The number of hydrogen-bond acceptors (Lipinski definition) is 3. The second-order valence-corrected chi connectivity index (χ2v) is 3.40. The van der Waals surface area contributed by atoms with Crippen molar-refractivity contribution in [3.8, 4) is 0 Å². The van der Waals surface area contributed by atoms with Gasteiger partial charge in [0.05, 0.1) is 0 Å². The van der Waals surface area contributed by atoms with Crippen LogP contribution in [0.2, 0.25) is 0 Å². The summed E-state index contributed by atoms with van der Waals surface area (Å²) in [5, 5.41) is 8.71. The molecule has 0 aromatic carbocycles. The Balaban J connectivity index is 2.11. The van der Waals surface area contributed by atoms with E-state index in [1.807, 2.05) is 0 Å². The summed E-state index contributed by atoms with van der Waals surface area (Å²) >= 11 is 0. The minimum Gasteiger partial charge on any atom is -0.465 e. The lowest BCUT2D eigenvalue weighted by molar-refractivity contribution is -0.149. The van der Waals surface area contributed by atoms with Crippen LogP contribution in [0.5, 0.6) is 0 Å². The molecule has 1 N–H and O–H groups in total. The molecule has 0 aromatic rings. The molecule has 2 rings (SSSR count). The number of rotatable bonds is 1. The second kappa shape index (κ2) is 2.97. The number of amides is 3. The van der Waals surface area contributed by atoms with Crippen LogP contribution in [0.3, 0.4) is 0 Å². The first-order valence-electron chi connectivity index (χ1n) is 4.45. The summed E-state index contributed by atoms with van der Waals surface area (Å²) in [6.45, 7) is 0.400. The first-order valence-corrected chi connectivity index (χ1v) is 4.45. The maximum Gasteiger partial charge on any atom is 0.408 e. The number of likely N-dealkylation sites (tertiary alicyclic amines) is 2. The fourth-order valence-corrected chi connectivity index (χ4v) is 1.79. The standard InChI is InChI=1S/C8H10N2O4/c11-6-1-2-7(12)10(6)5-3-4-9(5)8(13)14/h5H,1-4H2,(H,13,14). The third-order valence-corrected chi connectivity index (χ3v) is 2.62. The molecule has 6 heteroatoms. The minimum atomic E-state index is -1.08. The normalized spacial score (nSPS) is 26.7. The van der Waals surface area contributed by atoms with Gasteiger partial charge in [-0.15, -0.1) is 0 Å². The summed E-state index contributed by atoms with van der Waals surface area (Å²) in [5.41, 5.74) is 0. The molecule has 0 bridgehead atoms. The third kappa shape index (κ3) is 1.14. The van der Waals surface area contributed by atoms with Crippen molar-refractivity contribution in [1.82, 2.24) is 9.80 Å². The van der Waals surface area contributed by atoms with Crippen molar-refractivity contribution in [3.63, 3.8) is 0 Å². The molecule has 3 amide bonds. The van der Waals surface area contributed by atoms with Gasteiger partial charge in [0, 0.05) is 25.8 Å². The molecule has 6 nitrogen and oxygen atoms in total. The highest BCUT2D eigenvalue weighted by atomic mass is 16.4.